The van der Waals surface area contributed by atoms with Crippen LogP contribution in [0.1, 0.15) is 5.56 Å². The average molecular weight is 363 g/mol. The summed E-state index contributed by atoms with van der Waals surface area (Å²) in [6.45, 7) is 0.563. The van der Waals surface area contributed by atoms with Crippen molar-refractivity contribution in [2.75, 3.05) is 7.05 Å². The zero-order valence-corrected chi connectivity index (χ0v) is 14.3. The molecule has 0 unspecified atom stereocenters. The Labute approximate surface area is 147 Å². The van der Waals surface area contributed by atoms with E-state index in [0.717, 1.165) is 23.4 Å². The van der Waals surface area contributed by atoms with E-state index in [0.29, 0.717) is 10.9 Å². The van der Waals surface area contributed by atoms with E-state index in [2.05, 4.69) is 0 Å². The largest absolute Gasteiger partial charge is 0.356 e. The molecule has 0 heterocycles. The molecule has 0 fully saturated rings. The van der Waals surface area contributed by atoms with Crippen LogP contribution in [0, 0.1) is 20.2 Å². The van der Waals surface area contributed by atoms with Gasteiger partial charge in [-0.2, -0.15) is 0 Å². The van der Waals surface area contributed by atoms with Crippen molar-refractivity contribution in [3.8, 4) is 0 Å². The van der Waals surface area contributed by atoms with Crippen LogP contribution in [0.25, 0.3) is 0 Å². The molecule has 0 amide bonds. The van der Waals surface area contributed by atoms with Gasteiger partial charge in [0.05, 0.1) is 20.8 Å². The number of hydrogen-bond acceptors (Lipinski definition) is 6. The van der Waals surface area contributed by atoms with Gasteiger partial charge in [-0.25, -0.2) is 0 Å². The van der Waals surface area contributed by atoms with E-state index in [1.54, 1.807) is 11.9 Å². The molecule has 0 radical (unpaired) electrons. The third kappa shape index (κ3) is 4.49. The fourth-order valence-electron chi connectivity index (χ4n) is 1.94. The van der Waals surface area contributed by atoms with Crippen molar-refractivity contribution in [1.82, 2.24) is 4.90 Å². The lowest BCUT2D eigenvalue weighted by molar-refractivity contribution is -0.396. The van der Waals surface area contributed by atoms with E-state index in [4.69, 9.17) is 12.2 Å². The van der Waals surface area contributed by atoms with Gasteiger partial charge in [0.15, 0.2) is 0 Å². The Kier molecular flexibility index (Phi) is 5.83. The Morgan fingerprint density at radius 3 is 2.38 bits per heavy atom. The van der Waals surface area contributed by atoms with Gasteiger partial charge in [0, 0.05) is 19.7 Å². The summed E-state index contributed by atoms with van der Waals surface area (Å²) in [6.07, 6.45) is 0. The molecule has 0 N–H and O–H groups in total. The first-order chi connectivity index (χ1) is 11.4. The Balaban J connectivity index is 2.16. The van der Waals surface area contributed by atoms with Gasteiger partial charge in [0.25, 0.3) is 11.4 Å². The molecular formula is C15H13N3O4S2. The topological polar surface area (TPSA) is 89.5 Å². The first-order valence-corrected chi connectivity index (χ1v) is 8.00. The molecule has 0 spiro atoms. The smallest absolute Gasteiger partial charge is 0.290 e. The predicted octanol–water partition coefficient (Wildman–Crippen LogP) is 4.01. The normalized spacial score (nSPS) is 10.2. The van der Waals surface area contributed by atoms with Gasteiger partial charge in [-0.1, -0.05) is 54.3 Å². The minimum Gasteiger partial charge on any atom is -0.356 e. The van der Waals surface area contributed by atoms with Gasteiger partial charge in [-0.05, 0) is 11.6 Å². The number of nitro benzene ring substituents is 2. The SMILES string of the molecule is CN(Cc1ccccc1)C(=S)Sc1ccc([N+](=O)[O-])cc1[N+](=O)[O-]. The minimum absolute atomic E-state index is 0.274. The molecule has 9 heteroatoms. The third-order valence-corrected chi connectivity index (χ3v) is 4.73. The Bertz CT molecular complexity index is 784. The van der Waals surface area contributed by atoms with Crippen LogP contribution >= 0.6 is 24.0 Å². The fraction of sp³-hybridized carbons (Fsp3) is 0.133. The van der Waals surface area contributed by atoms with E-state index in [-0.39, 0.29) is 16.3 Å². The zero-order valence-electron chi connectivity index (χ0n) is 12.6. The molecule has 2 aromatic carbocycles. The number of rotatable bonds is 5. The monoisotopic (exact) mass is 363 g/mol. The molecule has 124 valence electrons. The van der Waals surface area contributed by atoms with Crippen LogP contribution in [-0.4, -0.2) is 26.1 Å². The Hall–Kier alpha value is -2.52. The molecule has 0 aliphatic rings. The number of thioether (sulfide) groups is 1. The quantitative estimate of drug-likeness (QED) is 0.343. The van der Waals surface area contributed by atoms with Crippen LogP contribution in [0.2, 0.25) is 0 Å². The van der Waals surface area contributed by atoms with Crippen molar-refractivity contribution in [3.63, 3.8) is 0 Å². The summed E-state index contributed by atoms with van der Waals surface area (Å²) in [6, 6.07) is 13.2. The summed E-state index contributed by atoms with van der Waals surface area (Å²) in [5.41, 5.74) is 0.403. The van der Waals surface area contributed by atoms with Crippen molar-refractivity contribution in [3.05, 3.63) is 74.3 Å². The van der Waals surface area contributed by atoms with Crippen LogP contribution in [0.3, 0.4) is 0 Å². The Morgan fingerprint density at radius 2 is 1.79 bits per heavy atom. The summed E-state index contributed by atoms with van der Waals surface area (Å²) < 4.78 is 0.441. The number of hydrogen-bond donors (Lipinski definition) is 0. The first kappa shape index (κ1) is 17.8. The van der Waals surface area contributed by atoms with Gasteiger partial charge in [-0.15, -0.1) is 0 Å². The molecule has 2 rings (SSSR count). The molecule has 0 saturated heterocycles. The average Bonchev–Trinajstić information content (AvgIpc) is 2.55. The Morgan fingerprint density at radius 1 is 1.12 bits per heavy atom. The molecule has 0 aliphatic heterocycles. The fourth-order valence-corrected chi connectivity index (χ4v) is 3.06. The standard InChI is InChI=1S/C15H13N3O4S2/c1-16(10-11-5-3-2-4-6-11)15(23)24-14-8-7-12(17(19)20)9-13(14)18(21)22/h2-9H,10H2,1H3. The molecule has 0 aliphatic carbocycles. The lowest BCUT2D eigenvalue weighted by Gasteiger charge is -2.19. The number of thiocarbonyl (C=S) groups is 1. The molecule has 0 atom stereocenters. The highest BCUT2D eigenvalue weighted by Gasteiger charge is 2.21. The van der Waals surface area contributed by atoms with E-state index in [1.165, 1.54) is 12.1 Å². The van der Waals surface area contributed by atoms with Gasteiger partial charge in [-0.3, -0.25) is 20.2 Å². The maximum atomic E-state index is 11.2. The highest BCUT2D eigenvalue weighted by molar-refractivity contribution is 8.23. The van der Waals surface area contributed by atoms with Gasteiger partial charge in [0.2, 0.25) is 0 Å². The predicted molar refractivity (Wildman–Crippen MR) is 96.1 cm³/mol. The van der Waals surface area contributed by atoms with Crippen LogP contribution in [0.5, 0.6) is 0 Å². The van der Waals surface area contributed by atoms with Crippen LogP contribution < -0.4 is 0 Å². The number of nitrogens with zero attached hydrogens (tertiary/aromatic N) is 3. The van der Waals surface area contributed by atoms with Gasteiger partial charge < -0.3 is 4.90 Å². The van der Waals surface area contributed by atoms with Crippen molar-refractivity contribution in [2.24, 2.45) is 0 Å². The molecule has 0 aromatic heterocycles. The minimum atomic E-state index is -0.665. The van der Waals surface area contributed by atoms with E-state index < -0.39 is 9.85 Å². The van der Waals surface area contributed by atoms with Gasteiger partial charge >= 0.3 is 0 Å². The summed E-state index contributed by atoms with van der Waals surface area (Å²) >= 11 is 6.36. The van der Waals surface area contributed by atoms with Crippen molar-refractivity contribution in [1.29, 1.82) is 0 Å². The van der Waals surface area contributed by atoms with E-state index in [9.17, 15) is 20.2 Å². The molecule has 24 heavy (non-hydrogen) atoms. The first-order valence-electron chi connectivity index (χ1n) is 6.78. The second kappa shape index (κ2) is 7.84. The number of non-ortho nitro benzene ring substituents is 1. The van der Waals surface area contributed by atoms with Crippen molar-refractivity contribution >= 4 is 39.7 Å². The zero-order chi connectivity index (χ0) is 17.7. The van der Waals surface area contributed by atoms with Crippen LogP contribution in [-0.2, 0) is 6.54 Å². The van der Waals surface area contributed by atoms with Crippen molar-refractivity contribution < 1.29 is 9.85 Å². The summed E-state index contributed by atoms with van der Waals surface area (Å²) in [5, 5.41) is 21.9. The second-order valence-corrected chi connectivity index (χ2v) is 6.55. The summed E-state index contributed by atoms with van der Waals surface area (Å²) in [4.78, 5) is 22.7. The maximum Gasteiger partial charge on any atom is 0.290 e. The highest BCUT2D eigenvalue weighted by atomic mass is 32.2. The lowest BCUT2D eigenvalue weighted by Crippen LogP contribution is -2.21. The van der Waals surface area contributed by atoms with E-state index in [1.807, 2.05) is 30.3 Å². The molecular weight excluding hydrogens is 350 g/mol. The molecule has 2 aromatic rings. The highest BCUT2D eigenvalue weighted by Crippen LogP contribution is 2.34. The maximum absolute atomic E-state index is 11.2. The van der Waals surface area contributed by atoms with Crippen molar-refractivity contribution in [2.45, 2.75) is 11.4 Å². The van der Waals surface area contributed by atoms with Crippen LogP contribution in [0.15, 0.2) is 53.4 Å². The van der Waals surface area contributed by atoms with Crippen LogP contribution in [0.4, 0.5) is 11.4 Å². The van der Waals surface area contributed by atoms with Gasteiger partial charge in [0.1, 0.15) is 4.32 Å². The molecule has 0 bridgehead atoms. The molecule has 0 saturated carbocycles. The summed E-state index contributed by atoms with van der Waals surface area (Å²) in [5.74, 6) is 0. The second-order valence-electron chi connectivity index (χ2n) is 4.88. The third-order valence-electron chi connectivity index (χ3n) is 3.12. The number of benzene rings is 2. The number of nitro groups is 2. The summed E-state index contributed by atoms with van der Waals surface area (Å²) in [7, 11) is 1.79. The van der Waals surface area contributed by atoms with E-state index >= 15 is 0 Å². The lowest BCUT2D eigenvalue weighted by atomic mass is 10.2. The molecule has 7 nitrogen and oxygen atoms in total.